The maximum atomic E-state index is 13.5. The van der Waals surface area contributed by atoms with Crippen molar-refractivity contribution in [1.29, 1.82) is 0 Å². The van der Waals surface area contributed by atoms with Crippen molar-refractivity contribution < 1.29 is 23.4 Å². The van der Waals surface area contributed by atoms with E-state index in [0.29, 0.717) is 13.0 Å². The van der Waals surface area contributed by atoms with Crippen molar-refractivity contribution in [3.8, 4) is 16.9 Å². The number of fused-ring (bicyclic) bond motifs is 1. The van der Waals surface area contributed by atoms with Crippen LogP contribution in [0, 0.1) is 0 Å². The van der Waals surface area contributed by atoms with Gasteiger partial charge in [0.05, 0.1) is 16.6 Å². The number of rotatable bonds is 10. The molecular formula is C29H28ClF3N2O3S. The Balaban J connectivity index is 1.57. The van der Waals surface area contributed by atoms with Gasteiger partial charge in [-0.3, -0.25) is 4.79 Å². The number of thioether (sulfide) groups is 1. The van der Waals surface area contributed by atoms with Crippen LogP contribution >= 0.6 is 23.4 Å². The molecule has 1 heterocycles. The first kappa shape index (κ1) is 29.0. The van der Waals surface area contributed by atoms with E-state index >= 15 is 0 Å². The molecular weight excluding hydrogens is 549 g/mol. The summed E-state index contributed by atoms with van der Waals surface area (Å²) < 4.78 is 40.6. The van der Waals surface area contributed by atoms with Crippen molar-refractivity contribution in [2.24, 2.45) is 0 Å². The van der Waals surface area contributed by atoms with Crippen LogP contribution in [0.25, 0.3) is 22.0 Å². The van der Waals surface area contributed by atoms with Crippen molar-refractivity contribution in [2.45, 2.75) is 30.0 Å². The molecule has 0 bridgehead atoms. The van der Waals surface area contributed by atoms with Crippen molar-refractivity contribution in [2.75, 3.05) is 25.9 Å². The number of nitrogens with one attached hydrogen (secondary N) is 1. The number of aromatic amines is 1. The summed E-state index contributed by atoms with van der Waals surface area (Å²) in [7, 11) is 1.97. The van der Waals surface area contributed by atoms with Crippen LogP contribution in [0.1, 0.15) is 17.5 Å². The first-order valence-corrected chi connectivity index (χ1v) is 13.7. The number of phenols is 1. The minimum absolute atomic E-state index is 0.0934. The summed E-state index contributed by atoms with van der Waals surface area (Å²) in [5, 5.41) is 21.6. The fourth-order valence-corrected chi connectivity index (χ4v) is 5.52. The van der Waals surface area contributed by atoms with Crippen molar-refractivity contribution in [3.63, 3.8) is 0 Å². The number of likely N-dealkylation sites (N-methyl/N-ethyl adjacent to an activating group) is 1. The molecule has 3 aromatic carbocycles. The Morgan fingerprint density at radius 2 is 1.79 bits per heavy atom. The summed E-state index contributed by atoms with van der Waals surface area (Å²) in [5.41, 5.74) is 0.259. The van der Waals surface area contributed by atoms with Crippen LogP contribution in [-0.2, 0) is 12.6 Å². The van der Waals surface area contributed by atoms with Gasteiger partial charge >= 0.3 is 6.18 Å². The van der Waals surface area contributed by atoms with Crippen LogP contribution in [-0.4, -0.2) is 52.1 Å². The fourth-order valence-electron chi connectivity index (χ4n) is 4.27. The zero-order valence-electron chi connectivity index (χ0n) is 21.1. The van der Waals surface area contributed by atoms with E-state index in [-0.39, 0.29) is 43.5 Å². The van der Waals surface area contributed by atoms with E-state index in [2.05, 4.69) is 22.0 Å². The van der Waals surface area contributed by atoms with E-state index in [1.807, 2.05) is 25.2 Å². The number of aliphatic hydroxyl groups is 1. The number of aromatic hydroxyl groups is 1. The summed E-state index contributed by atoms with van der Waals surface area (Å²) in [6, 6.07) is 17.3. The first-order valence-electron chi connectivity index (χ1n) is 12.3. The summed E-state index contributed by atoms with van der Waals surface area (Å²) >= 11 is 7.18. The van der Waals surface area contributed by atoms with Gasteiger partial charge < -0.3 is 20.1 Å². The predicted octanol–water partition coefficient (Wildman–Crippen LogP) is 6.59. The lowest BCUT2D eigenvalue weighted by Gasteiger charge is -2.19. The molecule has 4 aromatic rings. The number of hydrogen-bond donors (Lipinski definition) is 3. The van der Waals surface area contributed by atoms with Crippen LogP contribution in [0.3, 0.4) is 0 Å². The third-order valence-corrected chi connectivity index (χ3v) is 7.88. The van der Waals surface area contributed by atoms with Crippen LogP contribution in [0.4, 0.5) is 13.2 Å². The molecule has 0 aliphatic carbocycles. The van der Waals surface area contributed by atoms with Gasteiger partial charge in [-0.1, -0.05) is 41.9 Å². The van der Waals surface area contributed by atoms with E-state index in [1.165, 1.54) is 29.8 Å². The normalized spacial score (nSPS) is 12.8. The molecule has 0 radical (unpaired) electrons. The molecule has 5 nitrogen and oxygen atoms in total. The van der Waals surface area contributed by atoms with Gasteiger partial charge in [0.15, 0.2) is 0 Å². The number of halogens is 4. The van der Waals surface area contributed by atoms with Crippen molar-refractivity contribution in [1.82, 2.24) is 9.88 Å². The molecule has 0 amide bonds. The monoisotopic (exact) mass is 576 g/mol. The number of hydrogen-bond acceptors (Lipinski definition) is 5. The lowest BCUT2D eigenvalue weighted by atomic mass is 9.98. The average molecular weight is 577 g/mol. The zero-order valence-corrected chi connectivity index (χ0v) is 22.7. The number of aliphatic hydroxyl groups excluding tert-OH is 1. The number of phenolic OH excluding ortho intramolecular Hbond substituents is 1. The van der Waals surface area contributed by atoms with E-state index in [9.17, 15) is 28.2 Å². The lowest BCUT2D eigenvalue weighted by molar-refractivity contribution is -0.137. The number of benzene rings is 3. The second-order valence-electron chi connectivity index (χ2n) is 9.37. The molecule has 0 fully saturated rings. The van der Waals surface area contributed by atoms with Gasteiger partial charge in [-0.25, -0.2) is 0 Å². The van der Waals surface area contributed by atoms with Gasteiger partial charge in [0.1, 0.15) is 5.75 Å². The van der Waals surface area contributed by atoms with Crippen LogP contribution in [0.2, 0.25) is 5.02 Å². The second kappa shape index (κ2) is 12.5. The summed E-state index contributed by atoms with van der Waals surface area (Å²) in [6.07, 6.45) is -4.05. The molecule has 1 unspecified atom stereocenters. The van der Waals surface area contributed by atoms with E-state index in [0.717, 1.165) is 36.9 Å². The maximum absolute atomic E-state index is 13.5. The molecule has 10 heteroatoms. The molecule has 1 aromatic heterocycles. The highest BCUT2D eigenvalue weighted by Gasteiger charge is 2.31. The van der Waals surface area contributed by atoms with Crippen LogP contribution in [0.15, 0.2) is 76.4 Å². The number of H-pyrrole nitrogens is 1. The van der Waals surface area contributed by atoms with Gasteiger partial charge in [-0.05, 0) is 61.9 Å². The number of aromatic nitrogens is 1. The summed E-state index contributed by atoms with van der Waals surface area (Å²) in [5.74, 6) is -0.0971. The van der Waals surface area contributed by atoms with E-state index in [4.69, 9.17) is 11.6 Å². The first-order chi connectivity index (χ1) is 18.5. The summed E-state index contributed by atoms with van der Waals surface area (Å²) in [6.45, 7) is 1.44. The smallest absolute Gasteiger partial charge is 0.416 e. The topological polar surface area (TPSA) is 76.6 Å². The Kier molecular flexibility index (Phi) is 9.27. The van der Waals surface area contributed by atoms with Gasteiger partial charge in [0, 0.05) is 45.9 Å². The molecule has 0 aliphatic heterocycles. The largest absolute Gasteiger partial charge is 0.507 e. The standard InChI is InChI=1S/C29H28ClF3N2O3S/c1-35(13-11-18-5-3-2-4-6-18)14-12-21(36)17-39-27-26(23-16-20(30)8-10-25(23)37)22-15-19(29(31,32)33)7-9-24(22)34-28(27)38/h2-10,15-16,21,36-37H,11-14,17H2,1H3,(H,34,38). The third-order valence-electron chi connectivity index (χ3n) is 6.41. The van der Waals surface area contributed by atoms with E-state index in [1.54, 1.807) is 0 Å². The van der Waals surface area contributed by atoms with Crippen LogP contribution < -0.4 is 5.56 Å². The molecule has 0 saturated carbocycles. The average Bonchev–Trinajstić information content (AvgIpc) is 2.90. The zero-order chi connectivity index (χ0) is 28.2. The fraction of sp³-hybridized carbons (Fsp3) is 0.276. The minimum atomic E-state index is -4.60. The Morgan fingerprint density at radius 1 is 1.05 bits per heavy atom. The Bertz CT molecular complexity index is 1500. The third kappa shape index (κ3) is 7.36. The van der Waals surface area contributed by atoms with Crippen LogP contribution in [0.5, 0.6) is 5.75 Å². The second-order valence-corrected chi connectivity index (χ2v) is 10.8. The van der Waals surface area contributed by atoms with E-state index < -0.39 is 23.4 Å². The Hall–Kier alpha value is -2.98. The van der Waals surface area contributed by atoms with Crippen molar-refractivity contribution in [3.05, 3.63) is 93.2 Å². The Morgan fingerprint density at radius 3 is 2.51 bits per heavy atom. The number of alkyl halides is 3. The highest BCUT2D eigenvalue weighted by molar-refractivity contribution is 7.99. The molecule has 1 atom stereocenters. The predicted molar refractivity (Wildman–Crippen MR) is 151 cm³/mol. The quantitative estimate of drug-likeness (QED) is 0.186. The van der Waals surface area contributed by atoms with Gasteiger partial charge in [-0.2, -0.15) is 13.2 Å². The molecule has 4 rings (SSSR count). The highest BCUT2D eigenvalue weighted by Crippen LogP contribution is 2.42. The highest BCUT2D eigenvalue weighted by atomic mass is 35.5. The molecule has 0 aliphatic rings. The van der Waals surface area contributed by atoms with Crippen molar-refractivity contribution >= 4 is 34.3 Å². The minimum Gasteiger partial charge on any atom is -0.507 e. The molecule has 0 spiro atoms. The SMILES string of the molecule is CN(CCc1ccccc1)CCC(O)CSc1c(-c2cc(Cl)ccc2O)c2cc(C(F)(F)F)ccc2[nH]c1=O. The summed E-state index contributed by atoms with van der Waals surface area (Å²) in [4.78, 5) is 17.9. The van der Waals surface area contributed by atoms with Gasteiger partial charge in [0.25, 0.3) is 5.56 Å². The van der Waals surface area contributed by atoms with Gasteiger partial charge in [0.2, 0.25) is 0 Å². The molecule has 39 heavy (non-hydrogen) atoms. The Labute approximate surface area is 233 Å². The molecule has 206 valence electrons. The number of nitrogens with zero attached hydrogens (tertiary/aromatic N) is 1. The maximum Gasteiger partial charge on any atom is 0.416 e. The molecule has 3 N–H and O–H groups in total. The van der Waals surface area contributed by atoms with Gasteiger partial charge in [-0.15, -0.1) is 11.8 Å². The lowest BCUT2D eigenvalue weighted by Crippen LogP contribution is -2.26. The number of pyridine rings is 1. The molecule has 0 saturated heterocycles.